The number of nitrogens with one attached hydrogen (secondary N) is 2. The number of carbonyl (C=O) groups excluding carboxylic acids is 2. The number of amides is 2. The normalized spacial score (nSPS) is 15.8. The Morgan fingerprint density at radius 3 is 2.67 bits per heavy atom. The summed E-state index contributed by atoms with van der Waals surface area (Å²) in [6.07, 6.45) is 2.06. The Kier molecular flexibility index (Phi) is 6.87. The first-order valence-electron chi connectivity index (χ1n) is 8.11. The molecule has 0 spiro atoms. The minimum absolute atomic E-state index is 0.0796. The molecule has 1 aromatic rings. The van der Waals surface area contributed by atoms with Gasteiger partial charge in [0.25, 0.3) is 0 Å². The molecule has 0 aliphatic carbocycles. The van der Waals surface area contributed by atoms with E-state index in [0.29, 0.717) is 29.4 Å². The van der Waals surface area contributed by atoms with Gasteiger partial charge in [-0.1, -0.05) is 11.6 Å². The number of likely N-dealkylation sites (tertiary alicyclic amines) is 1. The average molecular weight is 354 g/mol. The minimum Gasteiger partial charge on any atom is -0.495 e. The van der Waals surface area contributed by atoms with E-state index in [0.717, 1.165) is 25.9 Å². The second kappa shape index (κ2) is 8.89. The van der Waals surface area contributed by atoms with Crippen LogP contribution in [-0.2, 0) is 9.59 Å². The summed E-state index contributed by atoms with van der Waals surface area (Å²) in [5, 5.41) is 6.08. The Labute approximate surface area is 147 Å². The van der Waals surface area contributed by atoms with Crippen molar-refractivity contribution in [2.24, 2.45) is 5.92 Å². The van der Waals surface area contributed by atoms with Crippen LogP contribution in [0.1, 0.15) is 19.3 Å². The van der Waals surface area contributed by atoms with Gasteiger partial charge in [0.1, 0.15) is 5.75 Å². The molecule has 0 saturated carbocycles. The lowest BCUT2D eigenvalue weighted by atomic mass is 9.96. The fourth-order valence-corrected chi connectivity index (χ4v) is 3.05. The Morgan fingerprint density at radius 1 is 1.33 bits per heavy atom. The molecule has 0 atom stereocenters. The third kappa shape index (κ3) is 5.11. The van der Waals surface area contributed by atoms with E-state index in [4.69, 9.17) is 16.3 Å². The SMILES string of the molecule is CNC(=O)C1CCN(CCC(=O)Nc2cc(Cl)ccc2OC)CC1. The third-order valence-corrected chi connectivity index (χ3v) is 4.53. The van der Waals surface area contributed by atoms with Gasteiger partial charge in [-0.15, -0.1) is 0 Å². The number of methoxy groups -OCH3 is 1. The molecule has 2 rings (SSSR count). The van der Waals surface area contributed by atoms with Crippen molar-refractivity contribution in [3.8, 4) is 5.75 Å². The van der Waals surface area contributed by atoms with Crippen LogP contribution in [0.3, 0.4) is 0 Å². The number of anilines is 1. The molecule has 7 heteroatoms. The number of carbonyl (C=O) groups is 2. The largest absolute Gasteiger partial charge is 0.495 e. The maximum absolute atomic E-state index is 12.2. The quantitative estimate of drug-likeness (QED) is 0.822. The number of piperidine rings is 1. The molecule has 1 heterocycles. The summed E-state index contributed by atoms with van der Waals surface area (Å²) in [6.45, 7) is 2.35. The van der Waals surface area contributed by atoms with E-state index >= 15 is 0 Å². The summed E-state index contributed by atoms with van der Waals surface area (Å²) in [4.78, 5) is 26.0. The Morgan fingerprint density at radius 2 is 2.04 bits per heavy atom. The lowest BCUT2D eigenvalue weighted by molar-refractivity contribution is -0.126. The van der Waals surface area contributed by atoms with E-state index in [1.165, 1.54) is 0 Å². The first-order valence-corrected chi connectivity index (χ1v) is 8.48. The lowest BCUT2D eigenvalue weighted by Gasteiger charge is -2.30. The number of rotatable bonds is 6. The number of ether oxygens (including phenoxy) is 1. The average Bonchev–Trinajstić information content (AvgIpc) is 2.60. The van der Waals surface area contributed by atoms with Crippen LogP contribution in [0.15, 0.2) is 18.2 Å². The molecule has 1 fully saturated rings. The van der Waals surface area contributed by atoms with E-state index in [1.54, 1.807) is 32.4 Å². The number of benzene rings is 1. The minimum atomic E-state index is -0.0796. The van der Waals surface area contributed by atoms with Gasteiger partial charge in [0.2, 0.25) is 11.8 Å². The molecule has 24 heavy (non-hydrogen) atoms. The molecule has 0 unspecified atom stereocenters. The van der Waals surface area contributed by atoms with Gasteiger partial charge in [0.15, 0.2) is 0 Å². The zero-order valence-electron chi connectivity index (χ0n) is 14.1. The van der Waals surface area contributed by atoms with Gasteiger partial charge in [-0.25, -0.2) is 0 Å². The molecule has 1 aromatic carbocycles. The van der Waals surface area contributed by atoms with Crippen LogP contribution < -0.4 is 15.4 Å². The highest BCUT2D eigenvalue weighted by molar-refractivity contribution is 6.31. The Bertz CT molecular complexity index is 586. The Balaban J connectivity index is 1.78. The van der Waals surface area contributed by atoms with Gasteiger partial charge in [-0.05, 0) is 44.1 Å². The molecule has 2 amide bonds. The molecule has 1 saturated heterocycles. The molecule has 1 aliphatic heterocycles. The van der Waals surface area contributed by atoms with Crippen LogP contribution in [0, 0.1) is 5.92 Å². The fourth-order valence-electron chi connectivity index (χ4n) is 2.87. The zero-order valence-corrected chi connectivity index (χ0v) is 14.9. The van der Waals surface area contributed by atoms with Crippen molar-refractivity contribution in [3.63, 3.8) is 0 Å². The van der Waals surface area contributed by atoms with Crippen LogP contribution in [0.4, 0.5) is 5.69 Å². The molecule has 6 nitrogen and oxygen atoms in total. The predicted octanol–water partition coefficient (Wildman–Crippen LogP) is 2.14. The maximum atomic E-state index is 12.2. The highest BCUT2D eigenvalue weighted by Crippen LogP contribution is 2.27. The van der Waals surface area contributed by atoms with Crippen molar-refractivity contribution >= 4 is 29.1 Å². The van der Waals surface area contributed by atoms with Crippen molar-refractivity contribution in [1.82, 2.24) is 10.2 Å². The first kappa shape index (κ1) is 18.5. The molecule has 132 valence electrons. The summed E-state index contributed by atoms with van der Waals surface area (Å²) in [7, 11) is 3.22. The van der Waals surface area contributed by atoms with E-state index in [9.17, 15) is 9.59 Å². The van der Waals surface area contributed by atoms with Gasteiger partial charge in [-0.2, -0.15) is 0 Å². The number of nitrogens with zero attached hydrogens (tertiary/aromatic N) is 1. The predicted molar refractivity (Wildman–Crippen MR) is 94.5 cm³/mol. The van der Waals surface area contributed by atoms with Crippen molar-refractivity contribution in [3.05, 3.63) is 23.2 Å². The van der Waals surface area contributed by atoms with Gasteiger partial charge >= 0.3 is 0 Å². The summed E-state index contributed by atoms with van der Waals surface area (Å²) in [6, 6.07) is 5.11. The van der Waals surface area contributed by atoms with Crippen LogP contribution in [-0.4, -0.2) is 50.5 Å². The van der Waals surface area contributed by atoms with Crippen molar-refractivity contribution < 1.29 is 14.3 Å². The summed E-state index contributed by atoms with van der Waals surface area (Å²) < 4.78 is 5.22. The van der Waals surface area contributed by atoms with Gasteiger partial charge in [0.05, 0.1) is 12.8 Å². The smallest absolute Gasteiger partial charge is 0.225 e. The van der Waals surface area contributed by atoms with E-state index in [-0.39, 0.29) is 17.7 Å². The highest BCUT2D eigenvalue weighted by Gasteiger charge is 2.24. The molecular formula is C17H24ClN3O3. The zero-order chi connectivity index (χ0) is 17.5. The monoisotopic (exact) mass is 353 g/mol. The van der Waals surface area contributed by atoms with Crippen molar-refractivity contribution in [2.75, 3.05) is 39.1 Å². The number of hydrogen-bond donors (Lipinski definition) is 2. The maximum Gasteiger partial charge on any atom is 0.225 e. The van der Waals surface area contributed by atoms with Crippen LogP contribution >= 0.6 is 11.6 Å². The van der Waals surface area contributed by atoms with E-state index in [2.05, 4.69) is 15.5 Å². The van der Waals surface area contributed by atoms with E-state index in [1.807, 2.05) is 0 Å². The summed E-state index contributed by atoms with van der Waals surface area (Å²) in [5.41, 5.74) is 0.577. The molecular weight excluding hydrogens is 330 g/mol. The fraction of sp³-hybridized carbons (Fsp3) is 0.529. The van der Waals surface area contributed by atoms with Crippen LogP contribution in [0.25, 0.3) is 0 Å². The topological polar surface area (TPSA) is 70.7 Å². The van der Waals surface area contributed by atoms with Crippen molar-refractivity contribution in [2.45, 2.75) is 19.3 Å². The molecule has 0 radical (unpaired) electrons. The van der Waals surface area contributed by atoms with Gasteiger partial charge in [-0.3, -0.25) is 9.59 Å². The second-order valence-corrected chi connectivity index (χ2v) is 6.31. The molecule has 1 aliphatic rings. The third-order valence-electron chi connectivity index (χ3n) is 4.30. The van der Waals surface area contributed by atoms with Crippen molar-refractivity contribution in [1.29, 1.82) is 0 Å². The summed E-state index contributed by atoms with van der Waals surface area (Å²) >= 11 is 5.96. The number of hydrogen-bond acceptors (Lipinski definition) is 4. The number of halogens is 1. The Hall–Kier alpha value is -1.79. The van der Waals surface area contributed by atoms with Gasteiger partial charge in [0, 0.05) is 31.0 Å². The second-order valence-electron chi connectivity index (χ2n) is 5.87. The summed E-state index contributed by atoms with van der Waals surface area (Å²) in [5.74, 6) is 0.708. The first-order chi connectivity index (χ1) is 11.5. The van der Waals surface area contributed by atoms with Crippen LogP contribution in [0.2, 0.25) is 5.02 Å². The van der Waals surface area contributed by atoms with Crippen LogP contribution in [0.5, 0.6) is 5.75 Å². The van der Waals surface area contributed by atoms with E-state index < -0.39 is 0 Å². The lowest BCUT2D eigenvalue weighted by Crippen LogP contribution is -2.40. The standard InChI is InChI=1S/C17H24ClN3O3/c1-19-17(23)12-5-8-21(9-6-12)10-7-16(22)20-14-11-13(18)3-4-15(14)24-2/h3-4,11-12H,5-10H2,1-2H3,(H,19,23)(H,20,22). The molecule has 0 aromatic heterocycles. The van der Waals surface area contributed by atoms with Gasteiger partial charge < -0.3 is 20.3 Å². The highest BCUT2D eigenvalue weighted by atomic mass is 35.5. The molecule has 0 bridgehead atoms. The molecule has 2 N–H and O–H groups in total.